The minimum absolute atomic E-state index is 0.855. The van der Waals surface area contributed by atoms with Crippen LogP contribution in [0.15, 0.2) is 0 Å². The predicted molar refractivity (Wildman–Crippen MR) is 31.9 cm³/mol. The molecule has 2 N–H and O–H groups in total. The van der Waals surface area contributed by atoms with E-state index >= 15 is 0 Å². The van der Waals surface area contributed by atoms with E-state index < -0.39 is 0 Å². The van der Waals surface area contributed by atoms with E-state index in [-0.39, 0.29) is 0 Å². The fourth-order valence-electron chi connectivity index (χ4n) is 0.351. The Labute approximate surface area is 44.4 Å². The van der Waals surface area contributed by atoms with E-state index in [1.165, 1.54) is 6.21 Å². The summed E-state index contributed by atoms with van der Waals surface area (Å²) in [4.78, 5) is 0. The Kier molecular flexibility index (Phi) is 5.33. The third-order valence-corrected chi connectivity index (χ3v) is 0.715. The van der Waals surface area contributed by atoms with Gasteiger partial charge in [-0.2, -0.15) is 0 Å². The largest absolute Gasteiger partial charge is 0.317 e. The molecule has 0 spiro atoms. The van der Waals surface area contributed by atoms with Crippen LogP contribution in [0, 0.1) is 5.41 Å². The zero-order valence-corrected chi connectivity index (χ0v) is 4.70. The predicted octanol–water partition coefficient (Wildman–Crippen LogP) is 0.636. The van der Waals surface area contributed by atoms with Crippen LogP contribution in [0.1, 0.15) is 13.3 Å². The smallest absolute Gasteiger partial charge is 0.0000374 e. The van der Waals surface area contributed by atoms with Gasteiger partial charge in [0.25, 0.3) is 0 Å². The molecule has 2 nitrogen and oxygen atoms in total. The lowest BCUT2D eigenvalue weighted by Crippen LogP contribution is -2.13. The first-order chi connectivity index (χ1) is 3.41. The van der Waals surface area contributed by atoms with Crippen molar-refractivity contribution in [2.75, 3.05) is 13.1 Å². The van der Waals surface area contributed by atoms with Crippen LogP contribution in [0.4, 0.5) is 0 Å². The lowest BCUT2D eigenvalue weighted by Gasteiger charge is -1.92. The van der Waals surface area contributed by atoms with Gasteiger partial charge in [-0.25, -0.2) is 0 Å². The maximum Gasteiger partial charge on any atom is 0.0000374 e. The fraction of sp³-hybridized carbons (Fsp3) is 0.800. The third-order valence-electron chi connectivity index (χ3n) is 0.715. The molecule has 0 saturated carbocycles. The number of nitrogens with one attached hydrogen (secondary N) is 2. The highest BCUT2D eigenvalue weighted by atomic mass is 14.8. The number of hydrogen-bond acceptors (Lipinski definition) is 2. The fourth-order valence-corrected chi connectivity index (χ4v) is 0.351. The van der Waals surface area contributed by atoms with Crippen LogP contribution >= 0.6 is 0 Å². The van der Waals surface area contributed by atoms with Gasteiger partial charge in [-0.3, -0.25) is 0 Å². The van der Waals surface area contributed by atoms with Gasteiger partial charge in [-0.05, 0) is 19.2 Å². The summed E-state index contributed by atoms with van der Waals surface area (Å²) in [7, 11) is 0. The molecule has 0 rings (SSSR count). The van der Waals surface area contributed by atoms with Gasteiger partial charge in [0.05, 0.1) is 0 Å². The Bertz CT molecular complexity index is 43.3. The summed E-state index contributed by atoms with van der Waals surface area (Å²) < 4.78 is 0. The number of rotatable bonds is 4. The zero-order chi connectivity index (χ0) is 5.54. The molecule has 0 aliphatic rings. The van der Waals surface area contributed by atoms with Gasteiger partial charge in [0.15, 0.2) is 0 Å². The molecule has 42 valence electrons. The molecule has 0 amide bonds. The van der Waals surface area contributed by atoms with E-state index in [1.807, 2.05) is 0 Å². The molecule has 0 aromatic rings. The van der Waals surface area contributed by atoms with Crippen LogP contribution in [0.2, 0.25) is 0 Å². The second-order valence-corrected chi connectivity index (χ2v) is 1.35. The second-order valence-electron chi connectivity index (χ2n) is 1.35. The summed E-state index contributed by atoms with van der Waals surface area (Å²) >= 11 is 0. The maximum atomic E-state index is 6.62. The molecule has 0 radical (unpaired) electrons. The van der Waals surface area contributed by atoms with E-state index in [1.54, 1.807) is 0 Å². The first kappa shape index (κ1) is 6.63. The average Bonchev–Trinajstić information content (AvgIpc) is 1.69. The quantitative estimate of drug-likeness (QED) is 0.394. The molecule has 0 aromatic heterocycles. The van der Waals surface area contributed by atoms with Crippen LogP contribution in [0.5, 0.6) is 0 Å². The lowest BCUT2D eigenvalue weighted by molar-refractivity contribution is 0.740. The van der Waals surface area contributed by atoms with Crippen LogP contribution in [0.25, 0.3) is 0 Å². The maximum absolute atomic E-state index is 6.62. The van der Waals surface area contributed by atoms with Crippen molar-refractivity contribution >= 4 is 6.21 Å². The van der Waals surface area contributed by atoms with Crippen molar-refractivity contribution in [3.05, 3.63) is 0 Å². The van der Waals surface area contributed by atoms with Gasteiger partial charge in [0, 0.05) is 6.54 Å². The highest BCUT2D eigenvalue weighted by Gasteiger charge is 1.75. The van der Waals surface area contributed by atoms with Crippen LogP contribution < -0.4 is 5.32 Å². The molecule has 0 heterocycles. The van der Waals surface area contributed by atoms with Gasteiger partial charge < -0.3 is 10.7 Å². The monoisotopic (exact) mass is 100 g/mol. The Morgan fingerprint density at radius 3 is 2.86 bits per heavy atom. The molecule has 0 aromatic carbocycles. The van der Waals surface area contributed by atoms with E-state index in [2.05, 4.69) is 12.2 Å². The summed E-state index contributed by atoms with van der Waals surface area (Å²) in [6, 6.07) is 0. The zero-order valence-electron chi connectivity index (χ0n) is 4.70. The van der Waals surface area contributed by atoms with Gasteiger partial charge in [-0.1, -0.05) is 6.92 Å². The molecule has 0 atom stereocenters. The second kappa shape index (κ2) is 5.63. The van der Waals surface area contributed by atoms with Gasteiger partial charge >= 0.3 is 0 Å². The molecule has 7 heavy (non-hydrogen) atoms. The first-order valence-corrected chi connectivity index (χ1v) is 2.61. The molecule has 0 unspecified atom stereocenters. The van der Waals surface area contributed by atoms with Crippen LogP contribution in [-0.2, 0) is 0 Å². The standard InChI is InChI=1S/C5H12N2/c1-2-7-5-3-4-6/h4,6-7H,2-3,5H2,1H3. The highest BCUT2D eigenvalue weighted by Crippen LogP contribution is 1.64. The molecule has 0 aliphatic carbocycles. The topological polar surface area (TPSA) is 35.9 Å². The van der Waals surface area contributed by atoms with E-state index in [0.29, 0.717) is 0 Å². The molecule has 0 bridgehead atoms. The van der Waals surface area contributed by atoms with Crippen molar-refractivity contribution in [2.24, 2.45) is 0 Å². The molecule has 2 heteroatoms. The van der Waals surface area contributed by atoms with Gasteiger partial charge in [0.2, 0.25) is 0 Å². The highest BCUT2D eigenvalue weighted by molar-refractivity contribution is 5.52. The molecule has 0 saturated heterocycles. The lowest BCUT2D eigenvalue weighted by atomic mass is 10.4. The number of hydrogen-bond donors (Lipinski definition) is 2. The Balaban J connectivity index is 2.56. The van der Waals surface area contributed by atoms with Crippen molar-refractivity contribution in [3.8, 4) is 0 Å². The molecular formula is C5H12N2. The molecule has 0 fully saturated rings. The summed E-state index contributed by atoms with van der Waals surface area (Å²) in [5, 5.41) is 9.71. The summed E-state index contributed by atoms with van der Waals surface area (Å²) in [5.74, 6) is 0. The normalized spacial score (nSPS) is 8.71. The van der Waals surface area contributed by atoms with Crippen molar-refractivity contribution in [1.82, 2.24) is 5.32 Å². The van der Waals surface area contributed by atoms with E-state index in [0.717, 1.165) is 19.5 Å². The third kappa shape index (κ3) is 5.63. The molecule has 0 aliphatic heterocycles. The van der Waals surface area contributed by atoms with Crippen LogP contribution in [0.3, 0.4) is 0 Å². The van der Waals surface area contributed by atoms with Gasteiger partial charge in [-0.15, -0.1) is 0 Å². The molecular weight excluding hydrogens is 88.1 g/mol. The Morgan fingerprint density at radius 1 is 1.71 bits per heavy atom. The SMILES string of the molecule is CCNCCC=N. The Morgan fingerprint density at radius 2 is 2.43 bits per heavy atom. The minimum Gasteiger partial charge on any atom is -0.317 e. The summed E-state index contributed by atoms with van der Waals surface area (Å²) in [6.07, 6.45) is 2.27. The minimum atomic E-state index is 0.855. The summed E-state index contributed by atoms with van der Waals surface area (Å²) in [6.45, 7) is 4.01. The van der Waals surface area contributed by atoms with Crippen molar-refractivity contribution < 1.29 is 0 Å². The Hall–Kier alpha value is -0.370. The van der Waals surface area contributed by atoms with Gasteiger partial charge in [0.1, 0.15) is 0 Å². The van der Waals surface area contributed by atoms with Crippen molar-refractivity contribution in [3.63, 3.8) is 0 Å². The first-order valence-electron chi connectivity index (χ1n) is 2.61. The van der Waals surface area contributed by atoms with E-state index in [9.17, 15) is 0 Å². The summed E-state index contributed by atoms with van der Waals surface area (Å²) in [5.41, 5.74) is 0. The average molecular weight is 100 g/mol. The van der Waals surface area contributed by atoms with Crippen molar-refractivity contribution in [2.45, 2.75) is 13.3 Å². The van der Waals surface area contributed by atoms with Crippen molar-refractivity contribution in [1.29, 1.82) is 5.41 Å². The van der Waals surface area contributed by atoms with E-state index in [4.69, 9.17) is 5.41 Å². The van der Waals surface area contributed by atoms with Crippen LogP contribution in [-0.4, -0.2) is 19.3 Å².